The van der Waals surface area contributed by atoms with E-state index in [1.165, 1.54) is 17.0 Å². The minimum absolute atomic E-state index is 0.0676. The fourth-order valence-corrected chi connectivity index (χ4v) is 3.39. The molecule has 0 fully saturated rings. The van der Waals surface area contributed by atoms with E-state index in [0.29, 0.717) is 52.6 Å². The lowest BCUT2D eigenvalue weighted by atomic mass is 10.0. The normalized spacial score (nSPS) is 11.0. The highest BCUT2D eigenvalue weighted by Gasteiger charge is 2.22. The van der Waals surface area contributed by atoms with Gasteiger partial charge in [0.1, 0.15) is 17.2 Å². The lowest BCUT2D eigenvalue weighted by Gasteiger charge is -2.11. The molecule has 1 amide bonds. The summed E-state index contributed by atoms with van der Waals surface area (Å²) in [5.41, 5.74) is 3.67. The molecule has 0 aliphatic rings. The first-order chi connectivity index (χ1) is 15.5. The lowest BCUT2D eigenvalue weighted by molar-refractivity contribution is 0.0819. The molecule has 4 rings (SSSR count). The van der Waals surface area contributed by atoms with E-state index in [-0.39, 0.29) is 18.3 Å². The van der Waals surface area contributed by atoms with Crippen LogP contribution in [0.25, 0.3) is 28.0 Å². The summed E-state index contributed by atoms with van der Waals surface area (Å²) in [5, 5.41) is 16.8. The van der Waals surface area contributed by atoms with Gasteiger partial charge in [-0.1, -0.05) is 6.07 Å². The van der Waals surface area contributed by atoms with Gasteiger partial charge in [-0.15, -0.1) is 0 Å². The number of nitrogens with one attached hydrogen (secondary N) is 1. The Kier molecular flexibility index (Phi) is 6.09. The van der Waals surface area contributed by atoms with Crippen molar-refractivity contribution in [1.82, 2.24) is 24.5 Å². The Morgan fingerprint density at radius 2 is 1.94 bits per heavy atom. The second-order valence-electron chi connectivity index (χ2n) is 7.41. The van der Waals surface area contributed by atoms with Crippen molar-refractivity contribution in [2.45, 2.75) is 6.42 Å². The first kappa shape index (κ1) is 21.4. The maximum atomic E-state index is 13.6. The number of rotatable bonds is 7. The second kappa shape index (κ2) is 9.11. The van der Waals surface area contributed by atoms with Crippen molar-refractivity contribution >= 4 is 17.4 Å². The number of amides is 1. The molecule has 2 N–H and O–H groups in total. The molecule has 9 heteroatoms. The van der Waals surface area contributed by atoms with Gasteiger partial charge in [0.2, 0.25) is 5.95 Å². The zero-order chi connectivity index (χ0) is 22.7. The number of benzene rings is 1. The van der Waals surface area contributed by atoms with Gasteiger partial charge >= 0.3 is 0 Å². The fourth-order valence-electron chi connectivity index (χ4n) is 3.39. The highest BCUT2D eigenvalue weighted by molar-refractivity contribution is 5.96. The number of fused-ring (bicyclic) bond motifs is 1. The van der Waals surface area contributed by atoms with Crippen molar-refractivity contribution in [3.8, 4) is 22.5 Å². The molecule has 1 aromatic carbocycles. The number of carbonyl (C=O) groups excluding carboxylic acids is 1. The third kappa shape index (κ3) is 4.15. The van der Waals surface area contributed by atoms with Crippen molar-refractivity contribution in [2.24, 2.45) is 0 Å². The molecule has 32 heavy (non-hydrogen) atoms. The van der Waals surface area contributed by atoms with Crippen LogP contribution in [0.15, 0.2) is 54.7 Å². The Hall–Kier alpha value is -3.85. The van der Waals surface area contributed by atoms with Crippen molar-refractivity contribution in [2.75, 3.05) is 32.6 Å². The number of carbonyl (C=O) groups is 1. The molecule has 0 bridgehead atoms. The van der Waals surface area contributed by atoms with Crippen molar-refractivity contribution in [3.05, 3.63) is 66.2 Å². The summed E-state index contributed by atoms with van der Waals surface area (Å²) in [6.45, 7) is 0.596. The first-order valence-electron chi connectivity index (χ1n) is 10.2. The van der Waals surface area contributed by atoms with E-state index in [1.807, 2.05) is 6.07 Å². The predicted molar refractivity (Wildman–Crippen MR) is 120 cm³/mol. The molecular weight excluding hydrogens is 411 g/mol. The third-order valence-electron chi connectivity index (χ3n) is 4.93. The van der Waals surface area contributed by atoms with Crippen molar-refractivity contribution < 1.29 is 14.3 Å². The molecule has 3 aromatic heterocycles. The Balaban J connectivity index is 1.93. The molecule has 0 spiro atoms. The number of anilines is 1. The zero-order valence-electron chi connectivity index (χ0n) is 17.8. The molecule has 0 saturated heterocycles. The van der Waals surface area contributed by atoms with Crippen molar-refractivity contribution in [1.29, 1.82) is 0 Å². The SMILES string of the molecule is CN(C)C(=O)c1cccc2c(-c3ccnc(NCCCO)n3)c(-c3ccc(F)cc3)nn12. The van der Waals surface area contributed by atoms with Gasteiger partial charge in [-0.05, 0) is 48.9 Å². The van der Waals surface area contributed by atoms with Crippen LogP contribution < -0.4 is 5.32 Å². The molecule has 0 unspecified atom stereocenters. The van der Waals surface area contributed by atoms with Gasteiger partial charge in [0.05, 0.1) is 16.8 Å². The van der Waals surface area contributed by atoms with Crippen LogP contribution in [0.1, 0.15) is 16.9 Å². The summed E-state index contributed by atoms with van der Waals surface area (Å²) < 4.78 is 15.2. The van der Waals surface area contributed by atoms with Gasteiger partial charge in [-0.3, -0.25) is 4.79 Å². The number of pyridine rings is 1. The molecule has 0 radical (unpaired) electrons. The third-order valence-corrected chi connectivity index (χ3v) is 4.93. The summed E-state index contributed by atoms with van der Waals surface area (Å²) in [5.74, 6) is -0.120. The van der Waals surface area contributed by atoms with Crippen LogP contribution in [-0.2, 0) is 0 Å². The molecule has 0 aliphatic heterocycles. The molecule has 0 atom stereocenters. The largest absolute Gasteiger partial charge is 0.396 e. The summed E-state index contributed by atoms with van der Waals surface area (Å²) in [4.78, 5) is 23.1. The van der Waals surface area contributed by atoms with E-state index in [2.05, 4.69) is 15.3 Å². The topological polar surface area (TPSA) is 95.7 Å². The second-order valence-corrected chi connectivity index (χ2v) is 7.41. The molecule has 164 valence electrons. The number of hydrogen-bond acceptors (Lipinski definition) is 6. The number of hydrogen-bond donors (Lipinski definition) is 2. The monoisotopic (exact) mass is 434 g/mol. The van der Waals surface area contributed by atoms with E-state index in [9.17, 15) is 9.18 Å². The van der Waals surface area contributed by atoms with Crippen LogP contribution in [0.3, 0.4) is 0 Å². The van der Waals surface area contributed by atoms with E-state index in [0.717, 1.165) is 0 Å². The van der Waals surface area contributed by atoms with Crippen LogP contribution in [-0.4, -0.2) is 62.7 Å². The number of halogens is 1. The molecule has 0 aliphatic carbocycles. The quantitative estimate of drug-likeness (QED) is 0.434. The Labute approximate surface area is 184 Å². The average molecular weight is 434 g/mol. The Bertz CT molecular complexity index is 1250. The number of aliphatic hydroxyl groups excluding tert-OH is 1. The summed E-state index contributed by atoms with van der Waals surface area (Å²) in [6, 6.07) is 13.2. The van der Waals surface area contributed by atoms with Crippen LogP contribution in [0.5, 0.6) is 0 Å². The van der Waals surface area contributed by atoms with Gasteiger partial charge in [-0.25, -0.2) is 18.9 Å². The Morgan fingerprint density at radius 1 is 1.16 bits per heavy atom. The van der Waals surface area contributed by atoms with Gasteiger partial charge in [0, 0.05) is 39.0 Å². The van der Waals surface area contributed by atoms with Crippen LogP contribution in [0, 0.1) is 5.82 Å². The molecule has 4 aromatic rings. The number of aliphatic hydroxyl groups is 1. The standard InChI is InChI=1S/C23H23FN6O2/c1-29(2)22(32)19-6-3-5-18-20(17-11-13-26-23(27-17)25-12-4-14-31)21(28-30(18)19)15-7-9-16(24)10-8-15/h3,5-11,13,31H,4,12,14H2,1-2H3,(H,25,26,27). The number of nitrogens with zero attached hydrogens (tertiary/aromatic N) is 5. The minimum Gasteiger partial charge on any atom is -0.396 e. The summed E-state index contributed by atoms with van der Waals surface area (Å²) >= 11 is 0. The molecule has 0 saturated carbocycles. The van der Waals surface area contributed by atoms with E-state index < -0.39 is 0 Å². The van der Waals surface area contributed by atoms with E-state index in [4.69, 9.17) is 10.2 Å². The van der Waals surface area contributed by atoms with E-state index in [1.54, 1.807) is 55.1 Å². The smallest absolute Gasteiger partial charge is 0.272 e. The zero-order valence-corrected chi connectivity index (χ0v) is 17.8. The minimum atomic E-state index is -0.347. The van der Waals surface area contributed by atoms with E-state index >= 15 is 0 Å². The highest BCUT2D eigenvalue weighted by atomic mass is 19.1. The predicted octanol–water partition coefficient (Wildman–Crippen LogP) is 3.09. The van der Waals surface area contributed by atoms with Gasteiger partial charge < -0.3 is 15.3 Å². The van der Waals surface area contributed by atoms with Gasteiger partial charge in [-0.2, -0.15) is 5.10 Å². The maximum absolute atomic E-state index is 13.6. The lowest BCUT2D eigenvalue weighted by Crippen LogP contribution is -2.24. The fraction of sp³-hybridized carbons (Fsp3) is 0.217. The van der Waals surface area contributed by atoms with Gasteiger partial charge in [0.25, 0.3) is 5.91 Å². The summed E-state index contributed by atoms with van der Waals surface area (Å²) in [6.07, 6.45) is 2.21. The maximum Gasteiger partial charge on any atom is 0.272 e. The highest BCUT2D eigenvalue weighted by Crippen LogP contribution is 2.35. The van der Waals surface area contributed by atoms with Crippen molar-refractivity contribution in [3.63, 3.8) is 0 Å². The average Bonchev–Trinajstić information content (AvgIpc) is 3.19. The van der Waals surface area contributed by atoms with Gasteiger partial charge in [0.15, 0.2) is 0 Å². The number of aromatic nitrogens is 4. The van der Waals surface area contributed by atoms with Crippen LogP contribution >= 0.6 is 0 Å². The molecular formula is C23H23FN6O2. The first-order valence-corrected chi connectivity index (χ1v) is 10.2. The Morgan fingerprint density at radius 3 is 2.66 bits per heavy atom. The molecule has 8 nitrogen and oxygen atoms in total. The molecule has 3 heterocycles. The summed E-state index contributed by atoms with van der Waals surface area (Å²) in [7, 11) is 3.36. The van der Waals surface area contributed by atoms with Crippen LogP contribution in [0.4, 0.5) is 10.3 Å². The van der Waals surface area contributed by atoms with Crippen LogP contribution in [0.2, 0.25) is 0 Å².